The topological polar surface area (TPSA) is 3.24 Å². The van der Waals surface area contributed by atoms with Gasteiger partial charge in [-0.25, -0.2) is 0 Å². The minimum absolute atomic E-state index is 0.102. The maximum atomic E-state index is 2.47. The number of hydrogen-bond donors (Lipinski definition) is 0. The molecule has 11 rings (SSSR count). The van der Waals surface area contributed by atoms with Gasteiger partial charge in [0.15, 0.2) is 0 Å². The van der Waals surface area contributed by atoms with Crippen LogP contribution < -0.4 is 4.90 Å². The van der Waals surface area contributed by atoms with Crippen LogP contribution in [-0.4, -0.2) is 0 Å². The van der Waals surface area contributed by atoms with Crippen LogP contribution in [-0.2, 0) is 5.41 Å². The fourth-order valence-electron chi connectivity index (χ4n) is 9.36. The second-order valence-electron chi connectivity index (χ2n) is 16.1. The lowest BCUT2D eigenvalue weighted by Gasteiger charge is -2.30. The van der Waals surface area contributed by atoms with E-state index in [2.05, 4.69) is 231 Å². The Kier molecular flexibility index (Phi) is 8.43. The van der Waals surface area contributed by atoms with Gasteiger partial charge in [-0.1, -0.05) is 172 Å². The van der Waals surface area contributed by atoms with Crippen LogP contribution in [0.3, 0.4) is 0 Å². The van der Waals surface area contributed by atoms with Gasteiger partial charge in [0.05, 0.1) is 5.69 Å². The Morgan fingerprint density at radius 3 is 1.69 bits per heavy atom. The predicted octanol–water partition coefficient (Wildman–Crippen LogP) is 16.5. The number of benzene rings is 9. The average Bonchev–Trinajstić information content (AvgIpc) is 3.78. The van der Waals surface area contributed by atoms with Crippen LogP contribution in [0.25, 0.3) is 75.8 Å². The Morgan fingerprint density at radius 1 is 0.356 bits per heavy atom. The van der Waals surface area contributed by atoms with E-state index < -0.39 is 0 Å². The number of hydrogen-bond acceptors (Lipinski definition) is 2. The van der Waals surface area contributed by atoms with Gasteiger partial charge >= 0.3 is 0 Å². The molecule has 0 amide bonds. The molecular weight excluding hydrogens is 731 g/mol. The van der Waals surface area contributed by atoms with E-state index in [9.17, 15) is 0 Å². The van der Waals surface area contributed by atoms with Crippen LogP contribution in [0.15, 0.2) is 212 Å². The molecule has 0 atom stereocenters. The van der Waals surface area contributed by atoms with E-state index in [-0.39, 0.29) is 5.41 Å². The van der Waals surface area contributed by atoms with Crippen molar-refractivity contribution in [1.29, 1.82) is 0 Å². The zero-order valence-corrected chi connectivity index (χ0v) is 33.9. The van der Waals surface area contributed by atoms with Crippen molar-refractivity contribution in [3.63, 3.8) is 0 Å². The first-order valence-electron chi connectivity index (χ1n) is 20.4. The van der Waals surface area contributed by atoms with E-state index in [0.717, 1.165) is 17.1 Å². The monoisotopic (exact) mass is 771 g/mol. The molecule has 0 N–H and O–H groups in total. The van der Waals surface area contributed by atoms with Gasteiger partial charge in [0.2, 0.25) is 0 Å². The van der Waals surface area contributed by atoms with Crippen LogP contribution in [0.5, 0.6) is 0 Å². The third-order valence-corrected chi connectivity index (χ3v) is 13.4. The zero-order chi connectivity index (χ0) is 39.5. The minimum atomic E-state index is -0.102. The number of anilines is 3. The summed E-state index contributed by atoms with van der Waals surface area (Å²) in [5.74, 6) is 0. The Bertz CT molecular complexity index is 3190. The summed E-state index contributed by atoms with van der Waals surface area (Å²) in [6.07, 6.45) is 0. The number of rotatable bonds is 7. The molecule has 1 aliphatic rings. The molecule has 10 aromatic rings. The number of nitrogens with zero attached hydrogens (tertiary/aromatic N) is 1. The van der Waals surface area contributed by atoms with Crippen LogP contribution in [0, 0.1) is 0 Å². The van der Waals surface area contributed by atoms with Crippen molar-refractivity contribution in [2.45, 2.75) is 19.3 Å². The molecule has 0 bridgehead atoms. The van der Waals surface area contributed by atoms with Crippen molar-refractivity contribution in [2.24, 2.45) is 0 Å². The summed E-state index contributed by atoms with van der Waals surface area (Å²) < 4.78 is 2.64. The van der Waals surface area contributed by atoms with Gasteiger partial charge in [0, 0.05) is 42.5 Å². The smallest absolute Gasteiger partial charge is 0.0546 e. The van der Waals surface area contributed by atoms with Crippen molar-refractivity contribution >= 4 is 48.6 Å². The molecule has 2 heteroatoms. The molecule has 59 heavy (non-hydrogen) atoms. The van der Waals surface area contributed by atoms with Crippen LogP contribution in [0.1, 0.15) is 25.0 Å². The van der Waals surface area contributed by atoms with Crippen molar-refractivity contribution in [1.82, 2.24) is 0 Å². The summed E-state index contributed by atoms with van der Waals surface area (Å²) in [6.45, 7) is 4.73. The SMILES string of the molecule is CC1(C)c2ccccc2-c2ccc(-c3cccc(N(c4cccc(-c5ccccc5)c4)c4cccc(-c5ccc6sc7ccccc7c6c5)c4)c3-c3ccccc3)cc21. The highest BCUT2D eigenvalue weighted by Crippen LogP contribution is 2.52. The summed E-state index contributed by atoms with van der Waals surface area (Å²) in [6, 6.07) is 78.2. The summed E-state index contributed by atoms with van der Waals surface area (Å²) in [4.78, 5) is 2.47. The molecular formula is C57H41NS. The molecule has 0 unspecified atom stereocenters. The van der Waals surface area contributed by atoms with Gasteiger partial charge in [0.1, 0.15) is 0 Å². The maximum Gasteiger partial charge on any atom is 0.0546 e. The fraction of sp³-hybridized carbons (Fsp3) is 0.0526. The summed E-state index contributed by atoms with van der Waals surface area (Å²) >= 11 is 1.86. The average molecular weight is 772 g/mol. The molecule has 0 radical (unpaired) electrons. The first-order valence-corrected chi connectivity index (χ1v) is 21.2. The highest BCUT2D eigenvalue weighted by Gasteiger charge is 2.35. The Labute approximate surface area is 350 Å². The van der Waals surface area contributed by atoms with E-state index >= 15 is 0 Å². The molecule has 0 spiro atoms. The first-order chi connectivity index (χ1) is 29.0. The van der Waals surface area contributed by atoms with Crippen molar-refractivity contribution < 1.29 is 0 Å². The third-order valence-electron chi connectivity index (χ3n) is 12.3. The maximum absolute atomic E-state index is 2.47. The highest BCUT2D eigenvalue weighted by atomic mass is 32.1. The second-order valence-corrected chi connectivity index (χ2v) is 17.2. The Hall–Kier alpha value is -7.00. The highest BCUT2D eigenvalue weighted by molar-refractivity contribution is 7.25. The summed E-state index contributed by atoms with van der Waals surface area (Å²) in [5.41, 5.74) is 18.2. The molecule has 0 fully saturated rings. The van der Waals surface area contributed by atoms with E-state index in [0.29, 0.717) is 0 Å². The molecule has 9 aromatic carbocycles. The lowest BCUT2D eigenvalue weighted by atomic mass is 9.81. The summed E-state index contributed by atoms with van der Waals surface area (Å²) in [7, 11) is 0. The van der Waals surface area contributed by atoms with Gasteiger partial charge in [0.25, 0.3) is 0 Å². The van der Waals surface area contributed by atoms with E-state index in [1.807, 2.05) is 11.3 Å². The summed E-state index contributed by atoms with van der Waals surface area (Å²) in [5, 5.41) is 2.62. The molecule has 1 aromatic heterocycles. The van der Waals surface area contributed by atoms with Gasteiger partial charge in [-0.15, -0.1) is 11.3 Å². The third kappa shape index (κ3) is 5.99. The van der Waals surface area contributed by atoms with E-state index in [1.165, 1.54) is 86.9 Å². The van der Waals surface area contributed by atoms with Gasteiger partial charge < -0.3 is 4.90 Å². The lowest BCUT2D eigenvalue weighted by molar-refractivity contribution is 0.660. The van der Waals surface area contributed by atoms with E-state index in [4.69, 9.17) is 0 Å². The van der Waals surface area contributed by atoms with Gasteiger partial charge in [-0.2, -0.15) is 0 Å². The van der Waals surface area contributed by atoms with E-state index in [1.54, 1.807) is 0 Å². The molecule has 0 saturated heterocycles. The molecule has 280 valence electrons. The van der Waals surface area contributed by atoms with Gasteiger partial charge in [-0.05, 0) is 116 Å². The zero-order valence-electron chi connectivity index (χ0n) is 33.1. The first kappa shape index (κ1) is 35.2. The quantitative estimate of drug-likeness (QED) is 0.156. The Balaban J connectivity index is 1.13. The molecule has 1 aliphatic carbocycles. The number of fused-ring (bicyclic) bond motifs is 6. The number of thiophene rings is 1. The van der Waals surface area contributed by atoms with Gasteiger partial charge in [-0.3, -0.25) is 0 Å². The molecule has 1 nitrogen and oxygen atoms in total. The normalized spacial score (nSPS) is 12.7. The second kappa shape index (κ2) is 14.1. The van der Waals surface area contributed by atoms with Crippen LogP contribution >= 0.6 is 11.3 Å². The minimum Gasteiger partial charge on any atom is -0.310 e. The standard InChI is InChI=1S/C57H41NS/c1-57(2)51-27-11-9-24-47(51)48-32-30-43(37-52(48)57)46-26-15-28-53(56(46)39-18-7-4-8-19-39)58(44-22-13-20-40(34-44)38-16-5-3-6-17-38)45-23-14-21-41(35-45)42-31-33-55-50(36-42)49-25-10-12-29-54(49)59-55/h3-37H,1-2H3. The van der Waals surface area contributed by atoms with Crippen LogP contribution in [0.4, 0.5) is 17.1 Å². The van der Waals surface area contributed by atoms with Crippen LogP contribution in [0.2, 0.25) is 0 Å². The largest absolute Gasteiger partial charge is 0.310 e. The van der Waals surface area contributed by atoms with Crippen molar-refractivity contribution in [3.8, 4) is 55.6 Å². The lowest BCUT2D eigenvalue weighted by Crippen LogP contribution is -2.15. The van der Waals surface area contributed by atoms with Crippen molar-refractivity contribution in [2.75, 3.05) is 4.90 Å². The predicted molar refractivity (Wildman–Crippen MR) is 253 cm³/mol. The fourth-order valence-corrected chi connectivity index (χ4v) is 10.4. The molecule has 0 aliphatic heterocycles. The molecule has 0 saturated carbocycles. The molecule has 1 heterocycles. The van der Waals surface area contributed by atoms with Crippen molar-refractivity contribution in [3.05, 3.63) is 223 Å². The Morgan fingerprint density at radius 2 is 0.915 bits per heavy atom.